The van der Waals surface area contributed by atoms with Crippen molar-refractivity contribution in [3.8, 4) is 0 Å². The van der Waals surface area contributed by atoms with Crippen molar-refractivity contribution >= 4 is 53.2 Å². The summed E-state index contributed by atoms with van der Waals surface area (Å²) in [5.41, 5.74) is 11.2. The molecule has 18 heteroatoms. The zero-order chi connectivity index (χ0) is 61.9. The number of aliphatic hydroxyl groups is 2. The van der Waals surface area contributed by atoms with E-state index in [1.807, 2.05) is 69.2 Å². The summed E-state index contributed by atoms with van der Waals surface area (Å²) < 4.78 is 11.3. The van der Waals surface area contributed by atoms with Gasteiger partial charge in [0.2, 0.25) is 29.5 Å². The lowest BCUT2D eigenvalue weighted by molar-refractivity contribution is -0.157. The molecule has 0 aliphatic carbocycles. The monoisotopic (exact) mass is 1160 g/mol. The quantitative estimate of drug-likeness (QED) is 0.0208. The number of thioether (sulfide) groups is 1. The summed E-state index contributed by atoms with van der Waals surface area (Å²) in [7, 11) is 0. The van der Waals surface area contributed by atoms with E-state index in [1.54, 1.807) is 0 Å². The van der Waals surface area contributed by atoms with Gasteiger partial charge in [0.1, 0.15) is 24.8 Å². The standard InChI is InChI=1S/C52H98N6O11S.5C2H6/c1-3-5-7-9-11-13-15-17-19-21-23-25-29-33-48(63)68-39-42(69-49(64)34-30-26-24-22-20-18-16-14-12-10-8-6-4-2)40-70-41-43(53)50(65)57-45(38-60)52(67)58-44(37-59)51(66)55-35-31-27-28-32-47(62)56-36-46(54)61;5*1-2/h42-45,59-60H,3-41,53H2,1-2H3,(H2,54,61)(H,55,66)(H,56,62)(H,57,65)(H,58,67);5*1-2H3. The molecule has 0 fully saturated rings. The van der Waals surface area contributed by atoms with Gasteiger partial charge in [-0.05, 0) is 25.7 Å². The SMILES string of the molecule is CC.CC.CC.CC.CC.CCCCCCCCCCCCCCCC(=O)OCC(CSCC(N)C(=O)NC(CO)C(=O)NC(CO)C(=O)NCCCCCC(=O)NCC(N)=O)OC(=O)CCCCCCCCCCCCCCC. The Labute approximate surface area is 494 Å². The minimum Gasteiger partial charge on any atom is -0.462 e. The van der Waals surface area contributed by atoms with E-state index in [0.717, 1.165) is 44.9 Å². The Morgan fingerprint density at radius 1 is 0.450 bits per heavy atom. The number of amides is 5. The summed E-state index contributed by atoms with van der Waals surface area (Å²) in [4.78, 5) is 86.7. The van der Waals surface area contributed by atoms with Crippen LogP contribution in [0.3, 0.4) is 0 Å². The van der Waals surface area contributed by atoms with Crippen molar-refractivity contribution in [3.05, 3.63) is 0 Å². The Kier molecular flexibility index (Phi) is 80.7. The van der Waals surface area contributed by atoms with Crippen molar-refractivity contribution in [1.82, 2.24) is 21.3 Å². The van der Waals surface area contributed by atoms with Crippen LogP contribution >= 0.6 is 11.8 Å². The third-order valence-corrected chi connectivity index (χ3v) is 13.3. The second-order valence-corrected chi connectivity index (χ2v) is 19.8. The zero-order valence-electron chi connectivity index (χ0n) is 53.5. The number of hydrogen-bond donors (Lipinski definition) is 8. The van der Waals surface area contributed by atoms with Crippen LogP contribution in [0.15, 0.2) is 0 Å². The molecular formula is C62H128N6O11S. The highest BCUT2D eigenvalue weighted by Gasteiger charge is 2.28. The van der Waals surface area contributed by atoms with Crippen molar-refractivity contribution in [2.45, 2.75) is 313 Å². The molecule has 478 valence electrons. The lowest BCUT2D eigenvalue weighted by Crippen LogP contribution is -2.58. The normalized spacial score (nSPS) is 11.6. The van der Waals surface area contributed by atoms with Crippen molar-refractivity contribution in [2.75, 3.05) is 44.4 Å². The van der Waals surface area contributed by atoms with Gasteiger partial charge >= 0.3 is 11.9 Å². The number of nitrogens with one attached hydrogen (secondary N) is 4. The van der Waals surface area contributed by atoms with E-state index in [0.29, 0.717) is 25.7 Å². The van der Waals surface area contributed by atoms with E-state index in [1.165, 1.54) is 127 Å². The number of esters is 2. The van der Waals surface area contributed by atoms with Crippen molar-refractivity contribution in [2.24, 2.45) is 11.5 Å². The first kappa shape index (κ1) is 87.8. The van der Waals surface area contributed by atoms with E-state index in [9.17, 15) is 43.8 Å². The molecule has 0 rings (SSSR count). The maximum Gasteiger partial charge on any atom is 0.306 e. The maximum atomic E-state index is 13.0. The fourth-order valence-electron chi connectivity index (χ4n) is 7.73. The second kappa shape index (κ2) is 73.5. The molecular weight excluding hydrogens is 1040 g/mol. The number of hydrogen-bond acceptors (Lipinski definition) is 13. The third-order valence-electron chi connectivity index (χ3n) is 12.1. The van der Waals surface area contributed by atoms with Gasteiger partial charge in [-0.1, -0.05) is 244 Å². The number of ether oxygens (including phenoxy) is 2. The number of primary amides is 1. The molecule has 0 aromatic rings. The Balaban J connectivity index is -0.00000129. The number of rotatable bonds is 50. The Morgan fingerprint density at radius 2 is 0.812 bits per heavy atom. The highest BCUT2D eigenvalue weighted by atomic mass is 32.2. The first-order valence-electron chi connectivity index (χ1n) is 32.2. The molecule has 0 saturated carbocycles. The highest BCUT2D eigenvalue weighted by molar-refractivity contribution is 7.99. The first-order valence-corrected chi connectivity index (χ1v) is 33.4. The summed E-state index contributed by atoms with van der Waals surface area (Å²) in [6.07, 6.45) is 32.6. The molecule has 0 saturated heterocycles. The minimum atomic E-state index is -1.47. The van der Waals surface area contributed by atoms with E-state index in [-0.39, 0.29) is 68.3 Å². The van der Waals surface area contributed by atoms with E-state index in [4.69, 9.17) is 20.9 Å². The average molecular weight is 1170 g/mol. The van der Waals surface area contributed by atoms with Gasteiger partial charge in [-0.15, -0.1) is 0 Å². The molecule has 0 aromatic heterocycles. The van der Waals surface area contributed by atoms with Gasteiger partial charge in [-0.25, -0.2) is 0 Å². The predicted octanol–water partition coefficient (Wildman–Crippen LogP) is 11.8. The zero-order valence-corrected chi connectivity index (χ0v) is 54.3. The van der Waals surface area contributed by atoms with Crippen LogP contribution in [-0.4, -0.2) is 120 Å². The van der Waals surface area contributed by atoms with Crippen LogP contribution in [0.2, 0.25) is 0 Å². The molecule has 0 heterocycles. The first-order chi connectivity index (χ1) is 38.9. The number of carbonyl (C=O) groups is 7. The Bertz CT molecular complexity index is 1380. The van der Waals surface area contributed by atoms with Crippen LogP contribution in [0.25, 0.3) is 0 Å². The molecule has 0 spiro atoms. The third kappa shape index (κ3) is 63.7. The molecule has 10 N–H and O–H groups in total. The van der Waals surface area contributed by atoms with Gasteiger partial charge in [0.05, 0.1) is 25.8 Å². The molecule has 5 amide bonds. The lowest BCUT2D eigenvalue weighted by atomic mass is 10.0. The second-order valence-electron chi connectivity index (χ2n) is 18.8. The summed E-state index contributed by atoms with van der Waals surface area (Å²) in [5, 5.41) is 29.4. The van der Waals surface area contributed by atoms with Crippen molar-refractivity contribution in [3.63, 3.8) is 0 Å². The van der Waals surface area contributed by atoms with Gasteiger partial charge in [-0.3, -0.25) is 33.6 Å². The van der Waals surface area contributed by atoms with Crippen LogP contribution in [0, 0.1) is 0 Å². The fourth-order valence-corrected chi connectivity index (χ4v) is 8.70. The number of aliphatic hydroxyl groups excluding tert-OH is 2. The van der Waals surface area contributed by atoms with Crippen LogP contribution in [0.5, 0.6) is 0 Å². The average Bonchev–Trinajstić information content (AvgIpc) is 3.48. The maximum absolute atomic E-state index is 13.0. The van der Waals surface area contributed by atoms with E-state index >= 15 is 0 Å². The molecule has 4 unspecified atom stereocenters. The van der Waals surface area contributed by atoms with Gasteiger partial charge in [-0.2, -0.15) is 11.8 Å². The highest BCUT2D eigenvalue weighted by Crippen LogP contribution is 2.16. The predicted molar refractivity (Wildman–Crippen MR) is 335 cm³/mol. The van der Waals surface area contributed by atoms with Crippen LogP contribution in [0.1, 0.15) is 289 Å². The minimum absolute atomic E-state index is 0.0468. The molecule has 17 nitrogen and oxygen atoms in total. The molecule has 0 bridgehead atoms. The topological polar surface area (TPSA) is 279 Å². The summed E-state index contributed by atoms with van der Waals surface area (Å²) in [6, 6.07) is -3.98. The van der Waals surface area contributed by atoms with Gasteiger partial charge < -0.3 is 52.4 Å². The van der Waals surface area contributed by atoms with E-state index in [2.05, 4.69) is 35.1 Å². The summed E-state index contributed by atoms with van der Waals surface area (Å²) in [6.45, 7) is 22.7. The van der Waals surface area contributed by atoms with Gasteiger partial charge in [0.15, 0.2) is 0 Å². The Hall–Kier alpha value is -3.48. The van der Waals surface area contributed by atoms with Gasteiger partial charge in [0.25, 0.3) is 0 Å². The lowest BCUT2D eigenvalue weighted by Gasteiger charge is -2.22. The number of nitrogens with two attached hydrogens (primary N) is 2. The van der Waals surface area contributed by atoms with Crippen LogP contribution < -0.4 is 32.7 Å². The fraction of sp³-hybridized carbons (Fsp3) is 0.887. The van der Waals surface area contributed by atoms with Crippen molar-refractivity contribution < 1.29 is 53.2 Å². The number of unbranched alkanes of at least 4 members (excludes halogenated alkanes) is 26. The number of carbonyl (C=O) groups excluding carboxylic acids is 7. The van der Waals surface area contributed by atoms with Crippen molar-refractivity contribution in [1.29, 1.82) is 0 Å². The molecule has 4 atom stereocenters. The molecule has 0 radical (unpaired) electrons. The smallest absolute Gasteiger partial charge is 0.306 e. The van der Waals surface area contributed by atoms with E-state index < -0.39 is 61.1 Å². The van der Waals surface area contributed by atoms with Crippen LogP contribution in [-0.2, 0) is 43.0 Å². The molecule has 0 aliphatic heterocycles. The molecule has 0 aromatic carbocycles. The van der Waals surface area contributed by atoms with Crippen LogP contribution in [0.4, 0.5) is 0 Å². The van der Waals surface area contributed by atoms with Gasteiger partial charge in [0, 0.05) is 37.3 Å². The summed E-state index contributed by atoms with van der Waals surface area (Å²) in [5.74, 6) is -3.80. The molecule has 80 heavy (non-hydrogen) atoms. The largest absolute Gasteiger partial charge is 0.462 e. The Morgan fingerprint density at radius 3 is 1.23 bits per heavy atom. The summed E-state index contributed by atoms with van der Waals surface area (Å²) >= 11 is 1.22. The molecule has 0 aliphatic rings.